The summed E-state index contributed by atoms with van der Waals surface area (Å²) in [7, 11) is 0. The van der Waals surface area contributed by atoms with Crippen molar-refractivity contribution in [3.63, 3.8) is 0 Å². The first-order valence-electron chi connectivity index (χ1n) is 9.34. The number of hydrogen-bond acceptors (Lipinski definition) is 6. The van der Waals surface area contributed by atoms with Crippen LogP contribution < -0.4 is 10.1 Å². The monoisotopic (exact) mass is 383 g/mol. The van der Waals surface area contributed by atoms with Gasteiger partial charge in [-0.2, -0.15) is 5.10 Å². The second-order valence-corrected chi connectivity index (χ2v) is 6.48. The van der Waals surface area contributed by atoms with Crippen molar-refractivity contribution in [3.8, 4) is 5.75 Å². The number of nitrogens with zero attached hydrogens (tertiary/aromatic N) is 6. The van der Waals surface area contributed by atoms with Crippen LogP contribution in [0.5, 0.6) is 5.75 Å². The second kappa shape index (κ2) is 9.12. The molecule has 1 aromatic carbocycles. The van der Waals surface area contributed by atoms with Gasteiger partial charge < -0.3 is 10.1 Å². The number of aromatic nitrogens is 6. The summed E-state index contributed by atoms with van der Waals surface area (Å²) in [4.78, 5) is 12.3. The summed E-state index contributed by atoms with van der Waals surface area (Å²) in [5.41, 5.74) is 2.74. The highest BCUT2D eigenvalue weighted by molar-refractivity contribution is 5.94. The lowest BCUT2D eigenvalue weighted by Crippen LogP contribution is -2.25. The third kappa shape index (κ3) is 4.93. The molecule has 0 fully saturated rings. The molecule has 148 valence electrons. The van der Waals surface area contributed by atoms with Gasteiger partial charge in [0.2, 0.25) is 0 Å². The average molecular weight is 383 g/mol. The zero-order chi connectivity index (χ0) is 19.9. The minimum atomic E-state index is -0.102. The van der Waals surface area contributed by atoms with E-state index >= 15 is 0 Å². The summed E-state index contributed by atoms with van der Waals surface area (Å²) in [5, 5.41) is 18.8. The van der Waals surface area contributed by atoms with Crippen LogP contribution in [0.2, 0.25) is 0 Å². The maximum absolute atomic E-state index is 12.3. The van der Waals surface area contributed by atoms with Crippen LogP contribution in [0, 0.1) is 13.8 Å². The van der Waals surface area contributed by atoms with E-state index in [9.17, 15) is 4.79 Å². The van der Waals surface area contributed by atoms with Crippen molar-refractivity contribution in [2.75, 3.05) is 6.54 Å². The van der Waals surface area contributed by atoms with Gasteiger partial charge in [0, 0.05) is 30.9 Å². The molecule has 3 aromatic rings. The number of hydrogen-bond donors (Lipinski definition) is 1. The van der Waals surface area contributed by atoms with Crippen molar-refractivity contribution in [1.82, 2.24) is 35.3 Å². The van der Waals surface area contributed by atoms with Gasteiger partial charge in [-0.3, -0.25) is 9.48 Å². The number of ether oxygens (including phenoxy) is 1. The molecule has 0 aliphatic rings. The standard InChI is InChI=1S/C19H25N7O2/c1-4-25-18(21-23-24-25)13-28-17-8-6-16(7-9-17)19(27)20-10-5-11-26-15(3)12-14(2)22-26/h6-9,12H,4-5,10-11,13H2,1-3H3,(H,20,27). The van der Waals surface area contributed by atoms with E-state index in [-0.39, 0.29) is 12.5 Å². The Balaban J connectivity index is 1.43. The van der Waals surface area contributed by atoms with Crippen molar-refractivity contribution in [1.29, 1.82) is 0 Å². The van der Waals surface area contributed by atoms with Crippen LogP contribution in [0.3, 0.4) is 0 Å². The Morgan fingerprint density at radius 1 is 1.18 bits per heavy atom. The predicted molar refractivity (Wildman–Crippen MR) is 103 cm³/mol. The number of carbonyl (C=O) groups is 1. The lowest BCUT2D eigenvalue weighted by atomic mass is 10.2. The van der Waals surface area contributed by atoms with Crippen LogP contribution >= 0.6 is 0 Å². The molecule has 0 bridgehead atoms. The molecule has 0 saturated heterocycles. The fourth-order valence-electron chi connectivity index (χ4n) is 2.86. The Bertz CT molecular complexity index is 915. The predicted octanol–water partition coefficient (Wildman–Crippen LogP) is 1.91. The fraction of sp³-hybridized carbons (Fsp3) is 0.421. The summed E-state index contributed by atoms with van der Waals surface area (Å²) in [6.45, 7) is 8.31. The molecule has 1 N–H and O–H groups in total. The Kier molecular flexibility index (Phi) is 6.36. The first-order valence-corrected chi connectivity index (χ1v) is 9.34. The second-order valence-electron chi connectivity index (χ2n) is 6.48. The number of nitrogens with one attached hydrogen (secondary N) is 1. The Hall–Kier alpha value is -3.23. The van der Waals surface area contributed by atoms with Gasteiger partial charge in [0.05, 0.1) is 5.69 Å². The van der Waals surface area contributed by atoms with Gasteiger partial charge in [-0.1, -0.05) is 0 Å². The maximum Gasteiger partial charge on any atom is 0.251 e. The van der Waals surface area contributed by atoms with Gasteiger partial charge in [-0.25, -0.2) is 4.68 Å². The van der Waals surface area contributed by atoms with E-state index in [4.69, 9.17) is 4.74 Å². The highest BCUT2D eigenvalue weighted by Gasteiger charge is 2.08. The molecule has 1 amide bonds. The molecular weight excluding hydrogens is 358 g/mol. The molecule has 9 nitrogen and oxygen atoms in total. The summed E-state index contributed by atoms with van der Waals surface area (Å²) < 4.78 is 9.32. The maximum atomic E-state index is 12.3. The van der Waals surface area contributed by atoms with Crippen LogP contribution in [0.25, 0.3) is 0 Å². The van der Waals surface area contributed by atoms with Gasteiger partial charge in [-0.15, -0.1) is 5.10 Å². The van der Waals surface area contributed by atoms with Gasteiger partial charge in [-0.05, 0) is 68.0 Å². The number of tetrazole rings is 1. The van der Waals surface area contributed by atoms with Gasteiger partial charge in [0.15, 0.2) is 5.82 Å². The van der Waals surface area contributed by atoms with Crippen LogP contribution in [0.4, 0.5) is 0 Å². The first kappa shape index (κ1) is 19.5. The molecule has 0 aliphatic heterocycles. The number of benzene rings is 1. The average Bonchev–Trinajstić information content (AvgIpc) is 3.29. The normalized spacial score (nSPS) is 10.8. The third-order valence-corrected chi connectivity index (χ3v) is 4.33. The minimum Gasteiger partial charge on any atom is -0.486 e. The molecule has 0 radical (unpaired) electrons. The third-order valence-electron chi connectivity index (χ3n) is 4.33. The first-order chi connectivity index (χ1) is 13.6. The number of carbonyl (C=O) groups excluding carboxylic acids is 1. The molecular formula is C19H25N7O2. The molecule has 3 rings (SSSR count). The van der Waals surface area contributed by atoms with E-state index in [0.717, 1.165) is 24.4 Å². The molecule has 28 heavy (non-hydrogen) atoms. The van der Waals surface area contributed by atoms with Crippen LogP contribution in [-0.2, 0) is 19.7 Å². The van der Waals surface area contributed by atoms with E-state index in [1.807, 2.05) is 31.5 Å². The van der Waals surface area contributed by atoms with E-state index in [1.165, 1.54) is 0 Å². The summed E-state index contributed by atoms with van der Waals surface area (Å²) in [6.07, 6.45) is 0.820. The zero-order valence-electron chi connectivity index (χ0n) is 16.4. The smallest absolute Gasteiger partial charge is 0.251 e. The van der Waals surface area contributed by atoms with Crippen LogP contribution in [-0.4, -0.2) is 42.4 Å². The summed E-state index contributed by atoms with van der Waals surface area (Å²) >= 11 is 0. The van der Waals surface area contributed by atoms with E-state index in [1.54, 1.807) is 28.9 Å². The molecule has 2 heterocycles. The molecule has 0 unspecified atom stereocenters. The van der Waals surface area contributed by atoms with E-state index in [2.05, 4.69) is 25.9 Å². The van der Waals surface area contributed by atoms with Gasteiger partial charge in [0.1, 0.15) is 12.4 Å². The summed E-state index contributed by atoms with van der Waals surface area (Å²) in [6, 6.07) is 9.07. The van der Waals surface area contributed by atoms with Crippen molar-refractivity contribution in [2.24, 2.45) is 0 Å². The zero-order valence-corrected chi connectivity index (χ0v) is 16.4. The molecule has 0 spiro atoms. The lowest BCUT2D eigenvalue weighted by Gasteiger charge is -2.08. The SMILES string of the molecule is CCn1nnnc1COc1ccc(C(=O)NCCCn2nc(C)cc2C)cc1. The Morgan fingerprint density at radius 2 is 1.96 bits per heavy atom. The number of aryl methyl sites for hydroxylation is 4. The van der Waals surface area contributed by atoms with Crippen molar-refractivity contribution in [3.05, 3.63) is 53.1 Å². The molecule has 9 heteroatoms. The van der Waals surface area contributed by atoms with E-state index < -0.39 is 0 Å². The van der Waals surface area contributed by atoms with Crippen molar-refractivity contribution < 1.29 is 9.53 Å². The number of rotatable bonds is 9. The highest BCUT2D eigenvalue weighted by Crippen LogP contribution is 2.13. The lowest BCUT2D eigenvalue weighted by molar-refractivity contribution is 0.0952. The topological polar surface area (TPSA) is 99.8 Å². The number of amides is 1. The largest absolute Gasteiger partial charge is 0.486 e. The quantitative estimate of drug-likeness (QED) is 0.567. The molecule has 0 saturated carbocycles. The summed E-state index contributed by atoms with van der Waals surface area (Å²) in [5.74, 6) is 1.22. The fourth-order valence-corrected chi connectivity index (χ4v) is 2.86. The Morgan fingerprint density at radius 3 is 2.64 bits per heavy atom. The van der Waals surface area contributed by atoms with Gasteiger partial charge >= 0.3 is 0 Å². The Labute approximate surface area is 163 Å². The van der Waals surface area contributed by atoms with Crippen molar-refractivity contribution in [2.45, 2.75) is 46.9 Å². The molecule has 0 atom stereocenters. The molecule has 2 aromatic heterocycles. The van der Waals surface area contributed by atoms with Gasteiger partial charge in [0.25, 0.3) is 5.91 Å². The van der Waals surface area contributed by atoms with Crippen LogP contribution in [0.15, 0.2) is 30.3 Å². The van der Waals surface area contributed by atoms with Crippen LogP contribution in [0.1, 0.15) is 40.9 Å². The van der Waals surface area contributed by atoms with Crippen molar-refractivity contribution >= 4 is 5.91 Å². The van der Waals surface area contributed by atoms with E-state index in [0.29, 0.717) is 30.2 Å². The minimum absolute atomic E-state index is 0.102. The highest BCUT2D eigenvalue weighted by atomic mass is 16.5. The molecule has 0 aliphatic carbocycles.